The molecule has 2 fully saturated rings. The fourth-order valence-electron chi connectivity index (χ4n) is 2.39. The number of ether oxygens (including phenoxy) is 4. The average Bonchev–Trinajstić information content (AvgIpc) is 2.87. The van der Waals surface area contributed by atoms with Crippen molar-refractivity contribution in [2.24, 2.45) is 5.92 Å². The zero-order valence-corrected chi connectivity index (χ0v) is 10.6. The third-order valence-electron chi connectivity index (χ3n) is 3.23. The maximum atomic E-state index is 12.0. The highest BCUT2D eigenvalue weighted by Crippen LogP contribution is 2.42. The van der Waals surface area contributed by atoms with E-state index in [1.807, 2.05) is 0 Å². The Bertz CT molecular complexity index is 307. The molecule has 0 aromatic rings. The predicted molar refractivity (Wildman–Crippen MR) is 59.5 cm³/mol. The summed E-state index contributed by atoms with van der Waals surface area (Å²) in [4.78, 5) is 24.0. The van der Waals surface area contributed by atoms with Gasteiger partial charge in [0.1, 0.15) is 0 Å². The van der Waals surface area contributed by atoms with Gasteiger partial charge in [0.05, 0.1) is 19.8 Å². The molecule has 6 nitrogen and oxygen atoms in total. The van der Waals surface area contributed by atoms with Crippen LogP contribution in [0.15, 0.2) is 0 Å². The van der Waals surface area contributed by atoms with Crippen LogP contribution in [0, 0.1) is 5.92 Å². The zero-order valence-electron chi connectivity index (χ0n) is 10.6. The Morgan fingerprint density at radius 3 is 2.33 bits per heavy atom. The summed E-state index contributed by atoms with van der Waals surface area (Å²) < 4.78 is 20.8. The van der Waals surface area contributed by atoms with Crippen molar-refractivity contribution >= 4 is 11.9 Å². The SMILES string of the molecule is CCOC(=O)C1(C(=O)OCC)C[C@@H]2CCO[C@@H]2O1. The summed E-state index contributed by atoms with van der Waals surface area (Å²) in [5.74, 6) is -1.30. The molecule has 2 saturated heterocycles. The van der Waals surface area contributed by atoms with Gasteiger partial charge in [-0.15, -0.1) is 0 Å². The second kappa shape index (κ2) is 5.24. The fourth-order valence-corrected chi connectivity index (χ4v) is 2.39. The molecule has 0 saturated carbocycles. The summed E-state index contributed by atoms with van der Waals surface area (Å²) in [7, 11) is 0. The highest BCUT2D eigenvalue weighted by molar-refractivity contribution is 6.04. The van der Waals surface area contributed by atoms with Crippen LogP contribution in [0.5, 0.6) is 0 Å². The second-order valence-corrected chi connectivity index (χ2v) is 4.38. The van der Waals surface area contributed by atoms with Crippen LogP contribution >= 0.6 is 0 Å². The van der Waals surface area contributed by atoms with E-state index < -0.39 is 23.8 Å². The molecule has 0 aromatic heterocycles. The third-order valence-corrected chi connectivity index (χ3v) is 3.23. The van der Waals surface area contributed by atoms with Crippen molar-refractivity contribution < 1.29 is 28.5 Å². The molecule has 102 valence electrons. The Hall–Kier alpha value is -1.14. The van der Waals surface area contributed by atoms with E-state index in [2.05, 4.69) is 0 Å². The topological polar surface area (TPSA) is 71.1 Å². The van der Waals surface area contributed by atoms with E-state index in [1.54, 1.807) is 13.8 Å². The lowest BCUT2D eigenvalue weighted by atomic mass is 9.92. The van der Waals surface area contributed by atoms with Crippen LogP contribution in [-0.2, 0) is 28.5 Å². The van der Waals surface area contributed by atoms with Crippen LogP contribution in [0.3, 0.4) is 0 Å². The molecule has 6 heteroatoms. The molecule has 0 unspecified atom stereocenters. The molecule has 0 aliphatic carbocycles. The van der Waals surface area contributed by atoms with Gasteiger partial charge in [-0.1, -0.05) is 0 Å². The number of rotatable bonds is 4. The minimum absolute atomic E-state index is 0.0545. The summed E-state index contributed by atoms with van der Waals surface area (Å²) >= 11 is 0. The molecular weight excluding hydrogens is 240 g/mol. The van der Waals surface area contributed by atoms with E-state index in [9.17, 15) is 9.59 Å². The van der Waals surface area contributed by atoms with Gasteiger partial charge in [-0.2, -0.15) is 0 Å². The lowest BCUT2D eigenvalue weighted by Gasteiger charge is -2.24. The molecule has 2 aliphatic heterocycles. The van der Waals surface area contributed by atoms with Crippen molar-refractivity contribution in [3.05, 3.63) is 0 Å². The Kier molecular flexibility index (Phi) is 3.87. The normalized spacial score (nSPS) is 28.8. The molecule has 0 bridgehead atoms. The van der Waals surface area contributed by atoms with E-state index in [0.717, 1.165) is 6.42 Å². The van der Waals surface area contributed by atoms with Gasteiger partial charge in [0.2, 0.25) is 0 Å². The Labute approximate surface area is 106 Å². The molecule has 0 spiro atoms. The van der Waals surface area contributed by atoms with Gasteiger partial charge in [0, 0.05) is 12.3 Å². The van der Waals surface area contributed by atoms with Crippen molar-refractivity contribution in [3.63, 3.8) is 0 Å². The third kappa shape index (κ3) is 2.10. The summed E-state index contributed by atoms with van der Waals surface area (Å²) in [5.41, 5.74) is -1.64. The van der Waals surface area contributed by atoms with E-state index in [0.29, 0.717) is 6.61 Å². The fraction of sp³-hybridized carbons (Fsp3) is 0.833. The molecule has 0 aromatic carbocycles. The zero-order chi connectivity index (χ0) is 13.2. The number of esters is 2. The molecule has 18 heavy (non-hydrogen) atoms. The van der Waals surface area contributed by atoms with Crippen LogP contribution in [-0.4, -0.2) is 43.7 Å². The van der Waals surface area contributed by atoms with E-state index in [-0.39, 0.29) is 25.6 Å². The first-order valence-electron chi connectivity index (χ1n) is 6.28. The average molecular weight is 258 g/mol. The number of carbonyl (C=O) groups is 2. The molecule has 2 aliphatic rings. The monoisotopic (exact) mass is 258 g/mol. The quantitative estimate of drug-likeness (QED) is 0.544. The second-order valence-electron chi connectivity index (χ2n) is 4.38. The molecule has 2 atom stereocenters. The van der Waals surface area contributed by atoms with Crippen LogP contribution in [0.25, 0.3) is 0 Å². The van der Waals surface area contributed by atoms with Crippen LogP contribution in [0.4, 0.5) is 0 Å². The number of carbonyl (C=O) groups excluding carboxylic acids is 2. The Morgan fingerprint density at radius 1 is 1.22 bits per heavy atom. The van der Waals surface area contributed by atoms with Crippen LogP contribution in [0.1, 0.15) is 26.7 Å². The molecule has 0 amide bonds. The maximum absolute atomic E-state index is 12.0. The first-order chi connectivity index (χ1) is 8.64. The standard InChI is InChI=1S/C12H18O6/c1-3-15-10(13)12(11(14)16-4-2)7-8-5-6-17-9(8)18-12/h8-9H,3-7H2,1-2H3/t8-,9+/m0/s1. The smallest absolute Gasteiger partial charge is 0.350 e. The summed E-state index contributed by atoms with van der Waals surface area (Å²) in [6.45, 7) is 4.35. The van der Waals surface area contributed by atoms with Crippen molar-refractivity contribution in [2.45, 2.75) is 38.6 Å². The lowest BCUT2D eigenvalue weighted by Crippen LogP contribution is -2.49. The van der Waals surface area contributed by atoms with Gasteiger partial charge >= 0.3 is 11.9 Å². The van der Waals surface area contributed by atoms with E-state index >= 15 is 0 Å². The van der Waals surface area contributed by atoms with Crippen molar-refractivity contribution in [2.75, 3.05) is 19.8 Å². The minimum atomic E-state index is -1.64. The van der Waals surface area contributed by atoms with Gasteiger partial charge < -0.3 is 18.9 Å². The molecule has 2 rings (SSSR count). The summed E-state index contributed by atoms with van der Waals surface area (Å²) in [6.07, 6.45) is 0.555. The highest BCUT2D eigenvalue weighted by atomic mass is 16.7. The number of hydrogen-bond donors (Lipinski definition) is 0. The van der Waals surface area contributed by atoms with E-state index in [1.165, 1.54) is 0 Å². The molecular formula is C12H18O6. The number of hydrogen-bond acceptors (Lipinski definition) is 6. The van der Waals surface area contributed by atoms with Gasteiger partial charge in [-0.25, -0.2) is 9.59 Å². The first kappa shape index (κ1) is 13.3. The van der Waals surface area contributed by atoms with Crippen molar-refractivity contribution in [1.29, 1.82) is 0 Å². The van der Waals surface area contributed by atoms with Gasteiger partial charge in [0.15, 0.2) is 6.29 Å². The summed E-state index contributed by atoms with van der Waals surface area (Å²) in [5, 5.41) is 0. The lowest BCUT2D eigenvalue weighted by molar-refractivity contribution is -0.206. The minimum Gasteiger partial charge on any atom is -0.463 e. The van der Waals surface area contributed by atoms with E-state index in [4.69, 9.17) is 18.9 Å². The molecule has 2 heterocycles. The number of fused-ring (bicyclic) bond motifs is 1. The highest BCUT2D eigenvalue weighted by Gasteiger charge is 2.60. The molecule has 0 N–H and O–H groups in total. The van der Waals surface area contributed by atoms with Crippen LogP contribution < -0.4 is 0 Å². The van der Waals surface area contributed by atoms with Crippen molar-refractivity contribution in [1.82, 2.24) is 0 Å². The Balaban J connectivity index is 2.18. The van der Waals surface area contributed by atoms with Crippen LogP contribution in [0.2, 0.25) is 0 Å². The van der Waals surface area contributed by atoms with Gasteiger partial charge in [0.25, 0.3) is 5.60 Å². The molecule has 0 radical (unpaired) electrons. The van der Waals surface area contributed by atoms with Gasteiger partial charge in [-0.3, -0.25) is 0 Å². The largest absolute Gasteiger partial charge is 0.463 e. The maximum Gasteiger partial charge on any atom is 0.350 e. The summed E-state index contributed by atoms with van der Waals surface area (Å²) in [6, 6.07) is 0. The predicted octanol–water partition coefficient (Wildman–Crippen LogP) is 0.634. The van der Waals surface area contributed by atoms with Gasteiger partial charge in [-0.05, 0) is 20.3 Å². The van der Waals surface area contributed by atoms with Crippen molar-refractivity contribution in [3.8, 4) is 0 Å². The first-order valence-corrected chi connectivity index (χ1v) is 6.28. The Morgan fingerprint density at radius 2 is 1.83 bits per heavy atom.